The van der Waals surface area contributed by atoms with Gasteiger partial charge in [-0.1, -0.05) is 35.9 Å². The van der Waals surface area contributed by atoms with Gasteiger partial charge in [-0.15, -0.1) is 0 Å². The molecule has 89 valence electrons. The molecule has 0 aromatic heterocycles. The standard InChI is InChI=1S/C16H11F2/c1-10-7-13-14(8-12(17)9-15(13)18)16(10)11-5-3-2-4-6-11/h2-9H,1H3. The van der Waals surface area contributed by atoms with Gasteiger partial charge in [-0.25, -0.2) is 8.78 Å². The summed E-state index contributed by atoms with van der Waals surface area (Å²) in [5.41, 5.74) is 3.96. The Morgan fingerprint density at radius 3 is 2.39 bits per heavy atom. The third-order valence-corrected chi connectivity index (χ3v) is 3.18. The summed E-state index contributed by atoms with van der Waals surface area (Å²) in [5, 5.41) is 0. The Bertz CT molecular complexity index is 640. The molecule has 0 unspecified atom stereocenters. The van der Waals surface area contributed by atoms with Gasteiger partial charge < -0.3 is 0 Å². The predicted molar refractivity (Wildman–Crippen MR) is 67.9 cm³/mol. The molecule has 0 saturated carbocycles. The minimum Gasteiger partial charge on any atom is -0.207 e. The molecule has 1 radical (unpaired) electrons. The summed E-state index contributed by atoms with van der Waals surface area (Å²) in [6.45, 7) is 1.92. The van der Waals surface area contributed by atoms with E-state index in [1.807, 2.05) is 37.3 Å². The highest BCUT2D eigenvalue weighted by atomic mass is 19.1. The molecule has 1 aliphatic carbocycles. The largest absolute Gasteiger partial charge is 0.207 e. The topological polar surface area (TPSA) is 0 Å². The van der Waals surface area contributed by atoms with Crippen molar-refractivity contribution in [3.05, 3.63) is 82.8 Å². The van der Waals surface area contributed by atoms with Crippen molar-refractivity contribution in [3.63, 3.8) is 0 Å². The summed E-state index contributed by atoms with van der Waals surface area (Å²) in [6, 6.07) is 12.0. The molecule has 0 atom stereocenters. The quantitative estimate of drug-likeness (QED) is 0.696. The van der Waals surface area contributed by atoms with Crippen molar-refractivity contribution in [2.75, 3.05) is 0 Å². The Hall–Kier alpha value is -1.96. The van der Waals surface area contributed by atoms with Crippen molar-refractivity contribution < 1.29 is 8.78 Å². The number of hydrogen-bond donors (Lipinski definition) is 0. The highest BCUT2D eigenvalue weighted by Gasteiger charge is 2.24. The summed E-state index contributed by atoms with van der Waals surface area (Å²) in [5.74, 6) is -1.04. The fourth-order valence-electron chi connectivity index (χ4n) is 2.43. The van der Waals surface area contributed by atoms with Crippen molar-refractivity contribution in [3.8, 4) is 0 Å². The average Bonchev–Trinajstić information content (AvgIpc) is 2.67. The molecular weight excluding hydrogens is 230 g/mol. The first-order chi connectivity index (χ1) is 8.66. The molecule has 0 spiro atoms. The Kier molecular flexibility index (Phi) is 2.51. The van der Waals surface area contributed by atoms with E-state index in [9.17, 15) is 8.78 Å². The van der Waals surface area contributed by atoms with Crippen LogP contribution in [-0.2, 0) is 0 Å². The Morgan fingerprint density at radius 1 is 0.944 bits per heavy atom. The van der Waals surface area contributed by atoms with E-state index in [0.29, 0.717) is 11.1 Å². The second kappa shape index (κ2) is 4.05. The molecule has 0 aliphatic heterocycles. The van der Waals surface area contributed by atoms with Gasteiger partial charge in [-0.05, 0) is 29.7 Å². The van der Waals surface area contributed by atoms with E-state index in [1.165, 1.54) is 6.07 Å². The molecule has 0 nitrogen and oxygen atoms in total. The molecule has 2 heteroatoms. The van der Waals surface area contributed by atoms with E-state index >= 15 is 0 Å². The molecule has 0 N–H and O–H groups in total. The Balaban J connectivity index is 2.23. The Labute approximate surface area is 105 Å². The molecule has 3 rings (SSSR count). The maximum absolute atomic E-state index is 13.7. The summed E-state index contributed by atoms with van der Waals surface area (Å²) in [4.78, 5) is 0. The van der Waals surface area contributed by atoms with Crippen LogP contribution in [0.3, 0.4) is 0 Å². The van der Waals surface area contributed by atoms with Crippen molar-refractivity contribution in [2.24, 2.45) is 0 Å². The lowest BCUT2D eigenvalue weighted by atomic mass is 9.98. The minimum absolute atomic E-state index is 0.479. The van der Waals surface area contributed by atoms with Crippen LogP contribution in [0.4, 0.5) is 8.78 Å². The van der Waals surface area contributed by atoms with Gasteiger partial charge in [-0.2, -0.15) is 0 Å². The molecule has 0 bridgehead atoms. The molecule has 0 heterocycles. The van der Waals surface area contributed by atoms with E-state index in [2.05, 4.69) is 0 Å². The number of fused-ring (bicyclic) bond motifs is 1. The summed E-state index contributed by atoms with van der Waals surface area (Å²) >= 11 is 0. The summed E-state index contributed by atoms with van der Waals surface area (Å²) in [6.07, 6.45) is 1.77. The van der Waals surface area contributed by atoms with Crippen molar-refractivity contribution in [2.45, 2.75) is 6.92 Å². The van der Waals surface area contributed by atoms with Crippen LogP contribution in [0.25, 0.3) is 5.57 Å². The number of halogens is 2. The van der Waals surface area contributed by atoms with E-state index in [4.69, 9.17) is 0 Å². The summed E-state index contributed by atoms with van der Waals surface area (Å²) in [7, 11) is 0. The maximum Gasteiger partial charge on any atom is 0.130 e. The second-order valence-electron chi connectivity index (χ2n) is 4.42. The molecule has 2 aromatic carbocycles. The second-order valence-corrected chi connectivity index (χ2v) is 4.42. The lowest BCUT2D eigenvalue weighted by Gasteiger charge is -2.07. The number of hydrogen-bond acceptors (Lipinski definition) is 0. The van der Waals surface area contributed by atoms with Gasteiger partial charge in [0, 0.05) is 18.1 Å². The van der Waals surface area contributed by atoms with Crippen molar-refractivity contribution in [1.29, 1.82) is 0 Å². The smallest absolute Gasteiger partial charge is 0.130 e. The third kappa shape index (κ3) is 1.65. The van der Waals surface area contributed by atoms with Crippen LogP contribution in [0.15, 0.2) is 48.0 Å². The van der Waals surface area contributed by atoms with Crippen molar-refractivity contribution in [1.82, 2.24) is 0 Å². The summed E-state index contributed by atoms with van der Waals surface area (Å²) < 4.78 is 27.1. The van der Waals surface area contributed by atoms with E-state index in [1.54, 1.807) is 6.42 Å². The molecule has 1 aliphatic rings. The minimum atomic E-state index is -0.539. The fourth-order valence-corrected chi connectivity index (χ4v) is 2.43. The van der Waals surface area contributed by atoms with Crippen molar-refractivity contribution >= 4 is 5.57 Å². The lowest BCUT2D eigenvalue weighted by molar-refractivity contribution is 0.579. The van der Waals surface area contributed by atoms with Gasteiger partial charge in [0.1, 0.15) is 11.6 Å². The van der Waals surface area contributed by atoms with Gasteiger partial charge in [-0.3, -0.25) is 0 Å². The normalized spacial score (nSPS) is 13.9. The molecular formula is C16H11F2. The zero-order valence-corrected chi connectivity index (χ0v) is 9.87. The van der Waals surface area contributed by atoms with E-state index in [0.717, 1.165) is 22.8 Å². The third-order valence-electron chi connectivity index (χ3n) is 3.18. The van der Waals surface area contributed by atoms with Gasteiger partial charge >= 0.3 is 0 Å². The average molecular weight is 241 g/mol. The van der Waals surface area contributed by atoms with Crippen LogP contribution in [0.2, 0.25) is 0 Å². The molecule has 0 amide bonds. The van der Waals surface area contributed by atoms with Crippen LogP contribution in [-0.4, -0.2) is 0 Å². The SMILES string of the molecule is CC1=C(c2ccccc2)c2cc(F)cc(F)c2[CH]1. The van der Waals surface area contributed by atoms with E-state index in [-0.39, 0.29) is 0 Å². The predicted octanol–water partition coefficient (Wildman–Crippen LogP) is 4.35. The van der Waals surface area contributed by atoms with Gasteiger partial charge in [0.05, 0.1) is 0 Å². The number of allylic oxidation sites excluding steroid dienone is 1. The molecule has 2 aromatic rings. The first-order valence-corrected chi connectivity index (χ1v) is 5.77. The van der Waals surface area contributed by atoms with Crippen LogP contribution < -0.4 is 0 Å². The first kappa shape index (κ1) is 11.1. The van der Waals surface area contributed by atoms with Gasteiger partial charge in [0.25, 0.3) is 0 Å². The van der Waals surface area contributed by atoms with Crippen LogP contribution in [0, 0.1) is 18.1 Å². The lowest BCUT2D eigenvalue weighted by Crippen LogP contribution is -1.92. The fraction of sp³-hybridized carbons (Fsp3) is 0.0625. The molecule has 18 heavy (non-hydrogen) atoms. The van der Waals surface area contributed by atoms with Crippen LogP contribution in [0.1, 0.15) is 23.6 Å². The zero-order chi connectivity index (χ0) is 12.7. The number of rotatable bonds is 1. The monoisotopic (exact) mass is 241 g/mol. The highest BCUT2D eigenvalue weighted by Crippen LogP contribution is 2.39. The maximum atomic E-state index is 13.7. The first-order valence-electron chi connectivity index (χ1n) is 5.77. The Morgan fingerprint density at radius 2 is 1.67 bits per heavy atom. The van der Waals surface area contributed by atoms with Crippen LogP contribution >= 0.6 is 0 Å². The van der Waals surface area contributed by atoms with E-state index < -0.39 is 11.6 Å². The number of benzene rings is 2. The highest BCUT2D eigenvalue weighted by molar-refractivity contribution is 5.89. The van der Waals surface area contributed by atoms with Gasteiger partial charge in [0.15, 0.2) is 0 Å². The molecule has 0 fully saturated rings. The van der Waals surface area contributed by atoms with Gasteiger partial charge in [0.2, 0.25) is 0 Å². The molecule has 0 saturated heterocycles. The van der Waals surface area contributed by atoms with Crippen LogP contribution in [0.5, 0.6) is 0 Å². The zero-order valence-electron chi connectivity index (χ0n) is 9.87.